The van der Waals surface area contributed by atoms with Gasteiger partial charge in [-0.3, -0.25) is 4.79 Å². The van der Waals surface area contributed by atoms with Crippen LogP contribution in [-0.2, 0) is 0 Å². The molecule has 1 saturated heterocycles. The first-order valence-electron chi connectivity index (χ1n) is 8.98. The van der Waals surface area contributed by atoms with Crippen LogP contribution in [0.4, 0.5) is 0 Å². The fourth-order valence-corrected chi connectivity index (χ4v) is 3.30. The van der Waals surface area contributed by atoms with Crippen LogP contribution in [-0.4, -0.2) is 48.2 Å². The van der Waals surface area contributed by atoms with Crippen molar-refractivity contribution in [2.24, 2.45) is 0 Å². The van der Waals surface area contributed by atoms with E-state index >= 15 is 0 Å². The highest BCUT2D eigenvalue weighted by molar-refractivity contribution is 5.95. The topological polar surface area (TPSA) is 52.6 Å². The number of nitrogens with zero attached hydrogens (tertiary/aromatic N) is 1. The number of nitrogens with one attached hydrogen (secondary N) is 1. The first-order valence-corrected chi connectivity index (χ1v) is 8.98. The molecule has 0 atom stereocenters. The summed E-state index contributed by atoms with van der Waals surface area (Å²) in [7, 11) is 0. The van der Waals surface area contributed by atoms with Crippen molar-refractivity contribution in [3.05, 3.63) is 59.7 Å². The van der Waals surface area contributed by atoms with Gasteiger partial charge in [-0.25, -0.2) is 0 Å². The van der Waals surface area contributed by atoms with Crippen LogP contribution in [0.2, 0.25) is 0 Å². The van der Waals surface area contributed by atoms with Gasteiger partial charge in [-0.05, 0) is 48.6 Å². The standard InChI is InChI=1S/C21H26N2O2/c1-16-5-2-3-8-20(16)17-6-4-7-18(15-17)21(25)22-11-14-23-12-9-19(24)10-13-23/h2-8,15,19,24H,9-14H2,1H3,(H,22,25). The summed E-state index contributed by atoms with van der Waals surface area (Å²) in [5.74, 6) is -0.0347. The summed E-state index contributed by atoms with van der Waals surface area (Å²) in [5.41, 5.74) is 4.11. The zero-order valence-corrected chi connectivity index (χ0v) is 14.7. The number of benzene rings is 2. The Labute approximate surface area is 149 Å². The molecule has 0 unspecified atom stereocenters. The molecule has 0 bridgehead atoms. The molecule has 0 saturated carbocycles. The molecule has 1 heterocycles. The average molecular weight is 338 g/mol. The van der Waals surface area contributed by atoms with E-state index in [0.29, 0.717) is 12.1 Å². The number of hydrogen-bond acceptors (Lipinski definition) is 3. The van der Waals surface area contributed by atoms with E-state index in [1.165, 1.54) is 5.56 Å². The molecule has 0 radical (unpaired) electrons. The lowest BCUT2D eigenvalue weighted by Gasteiger charge is -2.29. The van der Waals surface area contributed by atoms with Crippen LogP contribution in [0.25, 0.3) is 11.1 Å². The van der Waals surface area contributed by atoms with Gasteiger partial charge in [-0.15, -0.1) is 0 Å². The molecule has 2 N–H and O–H groups in total. The number of hydrogen-bond donors (Lipinski definition) is 2. The second-order valence-electron chi connectivity index (χ2n) is 6.72. The molecule has 0 aliphatic carbocycles. The van der Waals surface area contributed by atoms with Gasteiger partial charge in [-0.2, -0.15) is 0 Å². The highest BCUT2D eigenvalue weighted by atomic mass is 16.3. The number of aliphatic hydroxyl groups excluding tert-OH is 1. The Kier molecular flexibility index (Phi) is 5.84. The van der Waals surface area contributed by atoms with Crippen LogP contribution in [0, 0.1) is 6.92 Å². The molecule has 2 aromatic rings. The predicted molar refractivity (Wildman–Crippen MR) is 101 cm³/mol. The predicted octanol–water partition coefficient (Wildman–Crippen LogP) is 2.85. The molecule has 2 aromatic carbocycles. The molecular formula is C21H26N2O2. The summed E-state index contributed by atoms with van der Waals surface area (Å²) in [6.45, 7) is 5.34. The highest BCUT2D eigenvalue weighted by Crippen LogP contribution is 2.23. The SMILES string of the molecule is Cc1ccccc1-c1cccc(C(=O)NCCN2CCC(O)CC2)c1. The highest BCUT2D eigenvalue weighted by Gasteiger charge is 2.16. The molecule has 1 fully saturated rings. The van der Waals surface area contributed by atoms with E-state index in [-0.39, 0.29) is 12.0 Å². The van der Waals surface area contributed by atoms with Crippen molar-refractivity contribution in [1.82, 2.24) is 10.2 Å². The van der Waals surface area contributed by atoms with Crippen LogP contribution in [0.15, 0.2) is 48.5 Å². The Bertz CT molecular complexity index is 721. The van der Waals surface area contributed by atoms with Crippen molar-refractivity contribution in [1.29, 1.82) is 0 Å². The van der Waals surface area contributed by atoms with Crippen molar-refractivity contribution in [3.8, 4) is 11.1 Å². The number of rotatable bonds is 5. The van der Waals surface area contributed by atoms with Crippen molar-refractivity contribution in [2.45, 2.75) is 25.9 Å². The summed E-state index contributed by atoms with van der Waals surface area (Å²) in [5, 5.41) is 12.5. The third-order valence-corrected chi connectivity index (χ3v) is 4.85. The lowest BCUT2D eigenvalue weighted by atomic mass is 9.99. The molecule has 3 rings (SSSR count). The fourth-order valence-electron chi connectivity index (χ4n) is 3.30. The van der Waals surface area contributed by atoms with Crippen LogP contribution < -0.4 is 5.32 Å². The molecule has 0 aromatic heterocycles. The average Bonchev–Trinajstić information content (AvgIpc) is 2.64. The van der Waals surface area contributed by atoms with Crippen molar-refractivity contribution >= 4 is 5.91 Å². The normalized spacial score (nSPS) is 15.9. The van der Waals surface area contributed by atoms with E-state index in [9.17, 15) is 9.90 Å². The van der Waals surface area contributed by atoms with Gasteiger partial charge in [0, 0.05) is 31.7 Å². The summed E-state index contributed by atoms with van der Waals surface area (Å²) in [4.78, 5) is 14.7. The molecule has 132 valence electrons. The van der Waals surface area contributed by atoms with E-state index in [1.54, 1.807) is 0 Å². The summed E-state index contributed by atoms with van der Waals surface area (Å²) < 4.78 is 0. The van der Waals surface area contributed by atoms with Gasteiger partial charge in [0.1, 0.15) is 0 Å². The van der Waals surface area contributed by atoms with E-state index in [4.69, 9.17) is 0 Å². The van der Waals surface area contributed by atoms with Gasteiger partial charge in [0.2, 0.25) is 0 Å². The third kappa shape index (κ3) is 4.68. The van der Waals surface area contributed by atoms with E-state index < -0.39 is 0 Å². The second kappa shape index (κ2) is 8.28. The number of likely N-dealkylation sites (tertiary alicyclic amines) is 1. The number of piperidine rings is 1. The number of carbonyl (C=O) groups excluding carboxylic acids is 1. The van der Waals surface area contributed by atoms with Crippen LogP contribution in [0.3, 0.4) is 0 Å². The number of aliphatic hydroxyl groups is 1. The minimum Gasteiger partial charge on any atom is -0.393 e. The monoisotopic (exact) mass is 338 g/mol. The van der Waals surface area contributed by atoms with Crippen LogP contribution in [0.1, 0.15) is 28.8 Å². The molecule has 25 heavy (non-hydrogen) atoms. The van der Waals surface area contributed by atoms with E-state index in [2.05, 4.69) is 29.3 Å². The molecule has 0 spiro atoms. The van der Waals surface area contributed by atoms with Crippen molar-refractivity contribution < 1.29 is 9.90 Å². The van der Waals surface area contributed by atoms with Crippen LogP contribution in [0.5, 0.6) is 0 Å². The Hall–Kier alpha value is -2.17. The van der Waals surface area contributed by atoms with Crippen molar-refractivity contribution in [3.63, 3.8) is 0 Å². The molecule has 4 nitrogen and oxygen atoms in total. The van der Waals surface area contributed by atoms with Gasteiger partial charge >= 0.3 is 0 Å². The minimum absolute atomic E-state index is 0.0347. The first kappa shape index (κ1) is 17.6. The van der Waals surface area contributed by atoms with Gasteiger partial charge in [-0.1, -0.05) is 36.4 Å². The maximum atomic E-state index is 12.4. The summed E-state index contributed by atoms with van der Waals surface area (Å²) >= 11 is 0. The largest absolute Gasteiger partial charge is 0.393 e. The molecule has 1 aliphatic heterocycles. The zero-order valence-electron chi connectivity index (χ0n) is 14.7. The Morgan fingerprint density at radius 1 is 1.16 bits per heavy atom. The quantitative estimate of drug-likeness (QED) is 0.881. The van der Waals surface area contributed by atoms with Gasteiger partial charge < -0.3 is 15.3 Å². The second-order valence-corrected chi connectivity index (χ2v) is 6.72. The lowest BCUT2D eigenvalue weighted by Crippen LogP contribution is -2.40. The zero-order chi connectivity index (χ0) is 17.6. The fraction of sp³-hybridized carbons (Fsp3) is 0.381. The third-order valence-electron chi connectivity index (χ3n) is 4.85. The van der Waals surface area contributed by atoms with Crippen molar-refractivity contribution in [2.75, 3.05) is 26.2 Å². The molecule has 4 heteroatoms. The van der Waals surface area contributed by atoms with Gasteiger partial charge in [0.05, 0.1) is 6.10 Å². The Morgan fingerprint density at radius 3 is 2.68 bits per heavy atom. The smallest absolute Gasteiger partial charge is 0.251 e. The van der Waals surface area contributed by atoms with Crippen LogP contribution >= 0.6 is 0 Å². The maximum absolute atomic E-state index is 12.4. The molecule has 1 aliphatic rings. The molecular weight excluding hydrogens is 312 g/mol. The van der Waals surface area contributed by atoms with Gasteiger partial charge in [0.15, 0.2) is 0 Å². The lowest BCUT2D eigenvalue weighted by molar-refractivity contribution is 0.0804. The summed E-state index contributed by atoms with van der Waals surface area (Å²) in [6.07, 6.45) is 1.49. The Morgan fingerprint density at radius 2 is 1.92 bits per heavy atom. The summed E-state index contributed by atoms with van der Waals surface area (Å²) in [6, 6.07) is 16.0. The number of amides is 1. The van der Waals surface area contributed by atoms with Gasteiger partial charge in [0.25, 0.3) is 5.91 Å². The van der Waals surface area contributed by atoms with E-state index in [1.807, 2.05) is 36.4 Å². The van der Waals surface area contributed by atoms with E-state index in [0.717, 1.165) is 43.6 Å². The number of aryl methyl sites for hydroxylation is 1. The number of carbonyl (C=O) groups is 1. The maximum Gasteiger partial charge on any atom is 0.251 e. The molecule has 1 amide bonds. The Balaban J connectivity index is 1.57. The first-order chi connectivity index (χ1) is 12.1. The minimum atomic E-state index is -0.157.